The molecule has 4 amide bonds. The van der Waals surface area contributed by atoms with Gasteiger partial charge in [0.1, 0.15) is 6.54 Å². The summed E-state index contributed by atoms with van der Waals surface area (Å²) in [5, 5.41) is 18.1. The Morgan fingerprint density at radius 1 is 0.780 bits per heavy atom. The minimum atomic E-state index is -1.14. The molecule has 12 nitrogen and oxygen atoms in total. The van der Waals surface area contributed by atoms with E-state index in [1.165, 1.54) is 24.0 Å². The molecule has 4 N–H and O–H groups in total. The maximum atomic E-state index is 13.7. The van der Waals surface area contributed by atoms with Crippen LogP contribution in [0.15, 0.2) is 72.8 Å². The number of amides is 4. The molecule has 0 spiro atoms. The third kappa shape index (κ3) is 11.9. The monoisotopic (exact) mass is 685 g/mol. The van der Waals surface area contributed by atoms with Crippen molar-refractivity contribution >= 4 is 52.4 Å². The van der Waals surface area contributed by atoms with Crippen LogP contribution in [0.3, 0.4) is 0 Å². The second kappa shape index (κ2) is 17.8. The highest BCUT2D eigenvalue weighted by Gasteiger charge is 2.31. The quantitative estimate of drug-likeness (QED) is 0.124. The van der Waals surface area contributed by atoms with E-state index in [2.05, 4.69) is 16.0 Å². The van der Waals surface area contributed by atoms with Crippen molar-refractivity contribution in [2.24, 2.45) is 5.92 Å². The fourth-order valence-electron chi connectivity index (χ4n) is 4.94. The number of nitrogens with zero attached hydrogens (tertiary/aromatic N) is 2. The van der Waals surface area contributed by atoms with Gasteiger partial charge >= 0.3 is 12.0 Å². The molecule has 0 saturated heterocycles. The number of rotatable bonds is 17. The van der Waals surface area contributed by atoms with Crippen LogP contribution in [-0.2, 0) is 14.4 Å². The van der Waals surface area contributed by atoms with Gasteiger partial charge in [0.05, 0.1) is 18.5 Å². The average molecular weight is 686 g/mol. The van der Waals surface area contributed by atoms with Gasteiger partial charge in [-0.15, -0.1) is 0 Å². The van der Waals surface area contributed by atoms with Crippen molar-refractivity contribution in [1.29, 1.82) is 0 Å². The Morgan fingerprint density at radius 2 is 1.42 bits per heavy atom. The Morgan fingerprint density at radius 3 is 2.04 bits per heavy atom. The summed E-state index contributed by atoms with van der Waals surface area (Å²) in [6.07, 6.45) is 0.210. The third-order valence-corrected chi connectivity index (χ3v) is 8.08. The fourth-order valence-corrected chi connectivity index (χ4v) is 4.94. The van der Waals surface area contributed by atoms with Gasteiger partial charge in [-0.25, -0.2) is 4.79 Å². The van der Waals surface area contributed by atoms with E-state index in [0.717, 1.165) is 10.5 Å². The zero-order chi connectivity index (χ0) is 37.0. The molecule has 0 aliphatic carbocycles. The number of ketones is 2. The van der Waals surface area contributed by atoms with Gasteiger partial charge < -0.3 is 30.9 Å². The first-order valence-corrected chi connectivity index (χ1v) is 16.5. The van der Waals surface area contributed by atoms with E-state index in [4.69, 9.17) is 0 Å². The summed E-state index contributed by atoms with van der Waals surface area (Å²) in [6, 6.07) is 19.9. The van der Waals surface area contributed by atoms with Gasteiger partial charge in [0.2, 0.25) is 5.91 Å². The van der Waals surface area contributed by atoms with Crippen molar-refractivity contribution < 1.29 is 33.9 Å². The number of anilines is 3. The lowest BCUT2D eigenvalue weighted by Gasteiger charge is -2.32. The van der Waals surface area contributed by atoms with Crippen molar-refractivity contribution in [3.05, 3.63) is 89.5 Å². The molecule has 0 bridgehead atoms. The number of aliphatic carboxylic acids is 1. The molecule has 50 heavy (non-hydrogen) atoms. The fraction of sp³-hybridized carbons (Fsp3) is 0.368. The van der Waals surface area contributed by atoms with Gasteiger partial charge in [0.25, 0.3) is 5.91 Å². The van der Waals surface area contributed by atoms with E-state index in [9.17, 15) is 33.9 Å². The lowest BCUT2D eigenvalue weighted by molar-refractivity contribution is -0.139. The summed E-state index contributed by atoms with van der Waals surface area (Å²) in [5.74, 6) is -2.54. The van der Waals surface area contributed by atoms with E-state index < -0.39 is 35.9 Å². The highest BCUT2D eigenvalue weighted by atomic mass is 16.4. The number of carbonyl (C=O) groups excluding carboxylic acids is 5. The molecule has 0 saturated carbocycles. The van der Waals surface area contributed by atoms with Crippen molar-refractivity contribution in [2.75, 3.05) is 42.1 Å². The number of hydrogen-bond acceptors (Lipinski definition) is 7. The second-order valence-corrected chi connectivity index (χ2v) is 13.1. The van der Waals surface area contributed by atoms with Crippen LogP contribution in [0.2, 0.25) is 0 Å². The van der Waals surface area contributed by atoms with Crippen molar-refractivity contribution in [3.8, 4) is 0 Å². The minimum Gasteiger partial charge on any atom is -0.481 e. The summed E-state index contributed by atoms with van der Waals surface area (Å²) in [6.45, 7) is 9.99. The molecule has 3 aromatic carbocycles. The Hall–Kier alpha value is -5.52. The van der Waals surface area contributed by atoms with Gasteiger partial charge in [0.15, 0.2) is 11.6 Å². The van der Waals surface area contributed by atoms with Crippen molar-refractivity contribution in [3.63, 3.8) is 0 Å². The predicted octanol–water partition coefficient (Wildman–Crippen LogP) is 6.09. The molecule has 0 aromatic heterocycles. The largest absolute Gasteiger partial charge is 0.481 e. The number of carbonyl (C=O) groups is 6. The van der Waals surface area contributed by atoms with Crippen LogP contribution >= 0.6 is 0 Å². The maximum Gasteiger partial charge on any atom is 0.323 e. The van der Waals surface area contributed by atoms with Crippen LogP contribution in [0, 0.1) is 12.8 Å². The number of Topliss-reactive ketones (excluding diaryl/α,β-unsaturated/α-hetero) is 2. The van der Waals surface area contributed by atoms with Gasteiger partial charge in [-0.1, -0.05) is 44.2 Å². The summed E-state index contributed by atoms with van der Waals surface area (Å²) >= 11 is 0. The first kappa shape index (κ1) is 38.9. The van der Waals surface area contributed by atoms with Crippen LogP contribution in [-0.4, -0.2) is 82.0 Å². The zero-order valence-electron chi connectivity index (χ0n) is 29.5. The first-order chi connectivity index (χ1) is 23.5. The normalized spacial score (nSPS) is 11.0. The molecule has 12 heteroatoms. The van der Waals surface area contributed by atoms with Crippen LogP contribution in [0.4, 0.5) is 21.9 Å². The number of carboxylic acids is 1. The van der Waals surface area contributed by atoms with Gasteiger partial charge in [-0.2, -0.15) is 0 Å². The molecule has 266 valence electrons. The Labute approximate surface area is 293 Å². The van der Waals surface area contributed by atoms with Crippen LogP contribution < -0.4 is 16.0 Å². The summed E-state index contributed by atoms with van der Waals surface area (Å²) in [4.78, 5) is 79.2. The smallest absolute Gasteiger partial charge is 0.323 e. The average Bonchev–Trinajstić information content (AvgIpc) is 3.06. The van der Waals surface area contributed by atoms with Crippen LogP contribution in [0.25, 0.3) is 0 Å². The van der Waals surface area contributed by atoms with Gasteiger partial charge in [-0.05, 0) is 88.1 Å². The summed E-state index contributed by atoms with van der Waals surface area (Å²) in [7, 11) is 0. The van der Waals surface area contributed by atoms with Gasteiger partial charge in [-0.3, -0.25) is 24.0 Å². The second-order valence-electron chi connectivity index (χ2n) is 13.1. The molecule has 0 aliphatic heterocycles. The molecule has 0 fully saturated rings. The summed E-state index contributed by atoms with van der Waals surface area (Å²) in [5.41, 5.74) is 2.15. The number of benzene rings is 3. The lowest BCUT2D eigenvalue weighted by Crippen LogP contribution is -2.50. The van der Waals surface area contributed by atoms with E-state index >= 15 is 0 Å². The highest BCUT2D eigenvalue weighted by Crippen LogP contribution is 2.21. The SMILES string of the molecule is CC(=O)c1cccc(C(=O)N(CCC(=O)O)CC(=O)N(CCC(C)C)CC(=O)C(C)(C)Nc2ccc(NC(=O)Nc3ccccc3C)cc2)c1. The lowest BCUT2D eigenvalue weighted by atomic mass is 9.97. The van der Waals surface area contributed by atoms with Gasteiger partial charge in [0, 0.05) is 41.3 Å². The van der Waals surface area contributed by atoms with E-state index in [1.54, 1.807) is 50.2 Å². The Balaban J connectivity index is 1.71. The number of para-hydroxylation sites is 1. The molecule has 3 rings (SSSR count). The molecule has 0 aliphatic rings. The molecule has 0 unspecified atom stereocenters. The molecular weight excluding hydrogens is 638 g/mol. The first-order valence-electron chi connectivity index (χ1n) is 16.5. The van der Waals surface area contributed by atoms with E-state index in [-0.39, 0.29) is 49.1 Å². The number of aryl methyl sites for hydroxylation is 1. The topological polar surface area (TPSA) is 165 Å². The molecule has 0 heterocycles. The number of urea groups is 1. The standard InChI is InChI=1S/C38H47N5O7/c1-25(2)18-20-42(34(46)24-43(21-19-35(47)48)36(49)29-12-9-11-28(22-29)27(4)44)23-33(45)38(5,6)41-31-16-14-30(15-17-31)39-37(50)40-32-13-8-7-10-26(32)3/h7-17,22,25,41H,18-21,23-24H2,1-6H3,(H,47,48)(H2,39,40,50). The Bertz CT molecular complexity index is 1700. The Kier molecular flexibility index (Phi) is 13.8. The molecule has 0 atom stereocenters. The predicted molar refractivity (Wildman–Crippen MR) is 194 cm³/mol. The van der Waals surface area contributed by atoms with Crippen LogP contribution in [0.1, 0.15) is 73.7 Å². The number of hydrogen-bond donors (Lipinski definition) is 4. The molecular formula is C38H47N5O7. The third-order valence-electron chi connectivity index (χ3n) is 8.08. The highest BCUT2D eigenvalue weighted by molar-refractivity contribution is 6.02. The minimum absolute atomic E-state index is 0.152. The van der Waals surface area contributed by atoms with Crippen LogP contribution in [0.5, 0.6) is 0 Å². The number of nitrogens with one attached hydrogen (secondary N) is 3. The zero-order valence-corrected chi connectivity index (χ0v) is 29.5. The summed E-state index contributed by atoms with van der Waals surface area (Å²) < 4.78 is 0. The van der Waals surface area contributed by atoms with E-state index in [1.807, 2.05) is 45.0 Å². The molecule has 3 aromatic rings. The van der Waals surface area contributed by atoms with Crippen molar-refractivity contribution in [2.45, 2.75) is 59.9 Å². The van der Waals surface area contributed by atoms with Crippen molar-refractivity contribution in [1.82, 2.24) is 9.80 Å². The van der Waals surface area contributed by atoms with E-state index in [0.29, 0.717) is 29.0 Å². The molecule has 0 radical (unpaired) electrons. The number of carboxylic acid groups (broad SMARTS) is 1. The maximum absolute atomic E-state index is 13.7.